The van der Waals surface area contributed by atoms with Crippen LogP contribution in [-0.4, -0.2) is 29.0 Å². The van der Waals surface area contributed by atoms with Crippen LogP contribution in [0.4, 0.5) is 8.78 Å². The van der Waals surface area contributed by atoms with Crippen LogP contribution in [0.1, 0.15) is 19.7 Å². The molecule has 2 rings (SSSR count). The predicted molar refractivity (Wildman–Crippen MR) is 78.1 cm³/mol. The number of nitrogens with zero attached hydrogens (tertiary/aromatic N) is 2. The zero-order chi connectivity index (χ0) is 16.0. The third-order valence-electron chi connectivity index (χ3n) is 3.51. The monoisotopic (exact) mass is 336 g/mol. The second kappa shape index (κ2) is 5.21. The molecule has 0 spiro atoms. The molecule has 1 aromatic carbocycles. The Kier molecular flexibility index (Phi) is 4.01. The summed E-state index contributed by atoms with van der Waals surface area (Å²) in [7, 11) is -3.37. The minimum atomic E-state index is -3.37. The first-order valence-electron chi connectivity index (χ1n) is 6.16. The highest BCUT2D eigenvalue weighted by molar-refractivity contribution is 7.92. The lowest BCUT2D eigenvalue weighted by Gasteiger charge is -2.24. The molecule has 0 N–H and O–H groups in total. The summed E-state index contributed by atoms with van der Waals surface area (Å²) in [6, 6.07) is 1.86. The van der Waals surface area contributed by atoms with Gasteiger partial charge in [0.1, 0.15) is 17.2 Å². The van der Waals surface area contributed by atoms with E-state index < -0.39 is 26.2 Å². The van der Waals surface area contributed by atoms with E-state index in [4.69, 9.17) is 11.6 Å². The number of alkyl halides is 1. The maximum Gasteiger partial charge on any atom is 0.154 e. The van der Waals surface area contributed by atoms with Gasteiger partial charge < -0.3 is 4.57 Å². The van der Waals surface area contributed by atoms with Gasteiger partial charge in [-0.3, -0.25) is 0 Å². The summed E-state index contributed by atoms with van der Waals surface area (Å²) in [5.41, 5.74) is 0.177. The fourth-order valence-corrected chi connectivity index (χ4v) is 2.54. The zero-order valence-electron chi connectivity index (χ0n) is 11.8. The fraction of sp³-hybridized carbons (Fsp3) is 0.462. The van der Waals surface area contributed by atoms with Gasteiger partial charge in [0.2, 0.25) is 0 Å². The summed E-state index contributed by atoms with van der Waals surface area (Å²) < 4.78 is 51.2. The maximum atomic E-state index is 13.8. The van der Waals surface area contributed by atoms with Gasteiger partial charge in [-0.15, -0.1) is 11.6 Å². The van der Waals surface area contributed by atoms with Crippen molar-refractivity contribution in [3.8, 4) is 0 Å². The third kappa shape index (κ3) is 2.89. The highest BCUT2D eigenvalue weighted by Gasteiger charge is 2.32. The second-order valence-corrected chi connectivity index (χ2v) is 8.45. The molecule has 0 bridgehead atoms. The van der Waals surface area contributed by atoms with Crippen LogP contribution in [0.3, 0.4) is 0 Å². The normalized spacial score (nSPS) is 13.0. The molecule has 116 valence electrons. The van der Waals surface area contributed by atoms with Crippen molar-refractivity contribution in [3.63, 3.8) is 0 Å². The van der Waals surface area contributed by atoms with Gasteiger partial charge in [0.15, 0.2) is 15.7 Å². The van der Waals surface area contributed by atoms with Gasteiger partial charge in [-0.05, 0) is 19.9 Å². The number of hydrogen-bond donors (Lipinski definition) is 0. The first kappa shape index (κ1) is 16.2. The summed E-state index contributed by atoms with van der Waals surface area (Å²) in [5, 5.41) is 0. The molecule has 0 fully saturated rings. The van der Waals surface area contributed by atoms with Gasteiger partial charge in [-0.2, -0.15) is 0 Å². The standard InChI is InChI=1S/C13H15ClF2N2O2S/c1-13(2,21(3,19)20)7-18-10-5-8(15)4-9(16)12(10)17-11(18)6-14/h4-5H,6-7H2,1-3H3. The Morgan fingerprint density at radius 3 is 2.48 bits per heavy atom. The molecule has 0 atom stereocenters. The van der Waals surface area contributed by atoms with Crippen molar-refractivity contribution in [2.45, 2.75) is 31.0 Å². The molecule has 21 heavy (non-hydrogen) atoms. The van der Waals surface area contributed by atoms with Crippen LogP contribution in [0.2, 0.25) is 0 Å². The molecule has 1 aromatic heterocycles. The number of fused-ring (bicyclic) bond motifs is 1. The number of sulfone groups is 1. The fourth-order valence-electron chi connectivity index (χ4n) is 1.97. The summed E-state index contributed by atoms with van der Waals surface area (Å²) >= 11 is 5.79. The summed E-state index contributed by atoms with van der Waals surface area (Å²) in [6.07, 6.45) is 1.12. The van der Waals surface area contributed by atoms with Crippen LogP contribution in [0.15, 0.2) is 12.1 Å². The van der Waals surface area contributed by atoms with Crippen molar-refractivity contribution in [1.82, 2.24) is 9.55 Å². The average molecular weight is 337 g/mol. The molecular formula is C13H15ClF2N2O2S. The number of halogens is 3. The van der Waals surface area contributed by atoms with E-state index in [-0.39, 0.29) is 23.5 Å². The van der Waals surface area contributed by atoms with Crippen LogP contribution in [0.25, 0.3) is 11.0 Å². The zero-order valence-corrected chi connectivity index (χ0v) is 13.4. The van der Waals surface area contributed by atoms with E-state index >= 15 is 0 Å². The smallest absolute Gasteiger partial charge is 0.154 e. The van der Waals surface area contributed by atoms with E-state index in [1.54, 1.807) is 13.8 Å². The number of hydrogen-bond acceptors (Lipinski definition) is 3. The highest BCUT2D eigenvalue weighted by atomic mass is 35.5. The van der Waals surface area contributed by atoms with Crippen molar-refractivity contribution < 1.29 is 17.2 Å². The van der Waals surface area contributed by atoms with Crippen molar-refractivity contribution in [1.29, 1.82) is 0 Å². The van der Waals surface area contributed by atoms with Gasteiger partial charge >= 0.3 is 0 Å². The molecule has 0 unspecified atom stereocenters. The maximum absolute atomic E-state index is 13.8. The molecular weight excluding hydrogens is 322 g/mol. The Bertz CT molecular complexity index is 800. The third-order valence-corrected chi connectivity index (χ3v) is 5.89. The second-order valence-electron chi connectivity index (χ2n) is 5.54. The van der Waals surface area contributed by atoms with E-state index in [9.17, 15) is 17.2 Å². The minimum absolute atomic E-state index is 0.00722. The molecule has 0 aliphatic rings. The molecule has 2 aromatic rings. The lowest BCUT2D eigenvalue weighted by Crippen LogP contribution is -2.36. The molecule has 0 saturated carbocycles. The molecule has 0 aliphatic carbocycles. The summed E-state index contributed by atoms with van der Waals surface area (Å²) in [6.45, 7) is 3.09. The minimum Gasteiger partial charge on any atom is -0.325 e. The Morgan fingerprint density at radius 1 is 1.33 bits per heavy atom. The van der Waals surface area contributed by atoms with Crippen LogP contribution in [0.5, 0.6) is 0 Å². The predicted octanol–water partition coefficient (Wildman–Crippen LogP) is 2.88. The van der Waals surface area contributed by atoms with E-state index in [0.717, 1.165) is 18.4 Å². The van der Waals surface area contributed by atoms with Crippen LogP contribution in [-0.2, 0) is 22.3 Å². The summed E-state index contributed by atoms with van der Waals surface area (Å²) in [5.74, 6) is -1.28. The molecule has 8 heteroatoms. The Hall–Kier alpha value is -1.21. The van der Waals surface area contributed by atoms with Gasteiger partial charge in [0.25, 0.3) is 0 Å². The van der Waals surface area contributed by atoms with E-state index in [2.05, 4.69) is 4.98 Å². The molecule has 0 saturated heterocycles. The number of imidazole rings is 1. The topological polar surface area (TPSA) is 52.0 Å². The van der Waals surface area contributed by atoms with Crippen LogP contribution >= 0.6 is 11.6 Å². The Labute approximate surface area is 126 Å². The Morgan fingerprint density at radius 2 is 1.95 bits per heavy atom. The summed E-state index contributed by atoms with van der Waals surface area (Å²) in [4.78, 5) is 4.03. The molecule has 0 amide bonds. The van der Waals surface area contributed by atoms with Gasteiger partial charge in [0, 0.05) is 18.9 Å². The van der Waals surface area contributed by atoms with Gasteiger partial charge in [-0.25, -0.2) is 22.2 Å². The van der Waals surface area contributed by atoms with Gasteiger partial charge in [0.05, 0.1) is 16.1 Å². The molecule has 0 aliphatic heterocycles. The van der Waals surface area contributed by atoms with E-state index in [0.29, 0.717) is 5.82 Å². The Balaban J connectivity index is 2.68. The van der Waals surface area contributed by atoms with Crippen molar-refractivity contribution >= 4 is 32.5 Å². The first-order chi connectivity index (χ1) is 9.56. The van der Waals surface area contributed by atoms with Crippen molar-refractivity contribution in [2.24, 2.45) is 0 Å². The van der Waals surface area contributed by atoms with Crippen LogP contribution < -0.4 is 0 Å². The SMILES string of the molecule is CC(C)(Cn1c(CCl)nc2c(F)cc(F)cc21)S(C)(=O)=O. The van der Waals surface area contributed by atoms with Crippen molar-refractivity contribution in [2.75, 3.05) is 6.26 Å². The molecule has 0 radical (unpaired) electrons. The van der Waals surface area contributed by atoms with Crippen LogP contribution in [0, 0.1) is 11.6 Å². The molecule has 4 nitrogen and oxygen atoms in total. The number of benzene rings is 1. The van der Waals surface area contributed by atoms with E-state index in [1.807, 2.05) is 0 Å². The highest BCUT2D eigenvalue weighted by Crippen LogP contribution is 2.26. The van der Waals surface area contributed by atoms with E-state index in [1.165, 1.54) is 4.57 Å². The lowest BCUT2D eigenvalue weighted by molar-refractivity contribution is 0.502. The quantitative estimate of drug-likeness (QED) is 0.807. The van der Waals surface area contributed by atoms with Gasteiger partial charge in [-0.1, -0.05) is 0 Å². The van der Waals surface area contributed by atoms with Crippen molar-refractivity contribution in [3.05, 3.63) is 29.6 Å². The molecule has 1 heterocycles. The average Bonchev–Trinajstić information content (AvgIpc) is 2.66. The first-order valence-corrected chi connectivity index (χ1v) is 8.59. The lowest BCUT2D eigenvalue weighted by atomic mass is 10.2. The number of rotatable bonds is 4. The largest absolute Gasteiger partial charge is 0.325 e. The number of aromatic nitrogens is 2.